The van der Waals surface area contributed by atoms with Crippen LogP contribution in [-0.4, -0.2) is 27.9 Å². The summed E-state index contributed by atoms with van der Waals surface area (Å²) in [6.45, 7) is 14.4. The van der Waals surface area contributed by atoms with E-state index in [-0.39, 0.29) is 6.23 Å². The number of nitrogens with one attached hydrogen (secondary N) is 1. The highest BCUT2D eigenvalue weighted by Gasteiger charge is 2.33. The van der Waals surface area contributed by atoms with Gasteiger partial charge in [-0.05, 0) is 38.9 Å². The van der Waals surface area contributed by atoms with Crippen molar-refractivity contribution in [2.45, 2.75) is 53.4 Å². The molecule has 0 amide bonds. The van der Waals surface area contributed by atoms with Gasteiger partial charge in [0.15, 0.2) is 0 Å². The summed E-state index contributed by atoms with van der Waals surface area (Å²) in [5.41, 5.74) is 0. The molecule has 0 spiro atoms. The van der Waals surface area contributed by atoms with Gasteiger partial charge in [-0.1, -0.05) is 20.8 Å². The molecule has 0 bridgehead atoms. The first-order chi connectivity index (χ1) is 6.93. The van der Waals surface area contributed by atoms with E-state index in [0.717, 1.165) is 19.2 Å². The van der Waals surface area contributed by atoms with E-state index in [9.17, 15) is 0 Å². The van der Waals surface area contributed by atoms with Crippen molar-refractivity contribution in [3.8, 4) is 0 Å². The maximum atomic E-state index is 6.04. The third-order valence-corrected chi connectivity index (χ3v) is 5.46. The Balaban J connectivity index is 4.22. The molecule has 0 aliphatic heterocycles. The molecule has 0 aliphatic carbocycles. The van der Waals surface area contributed by atoms with Crippen molar-refractivity contribution in [3.63, 3.8) is 0 Å². The van der Waals surface area contributed by atoms with Crippen LogP contribution in [0.1, 0.15) is 34.6 Å². The first kappa shape index (κ1) is 15.1. The molecule has 92 valence electrons. The van der Waals surface area contributed by atoms with Crippen LogP contribution in [0.5, 0.6) is 0 Å². The van der Waals surface area contributed by atoms with E-state index in [0.29, 0.717) is 5.92 Å². The molecule has 2 atom stereocenters. The predicted octanol–water partition coefficient (Wildman–Crippen LogP) is 2.72. The molecule has 0 radical (unpaired) electrons. The van der Waals surface area contributed by atoms with Crippen molar-refractivity contribution in [1.82, 2.24) is 5.32 Å². The zero-order chi connectivity index (χ0) is 11.9. The van der Waals surface area contributed by atoms with Crippen LogP contribution < -0.4 is 5.32 Å². The molecule has 1 N–H and O–H groups in total. The Kier molecular flexibility index (Phi) is 7.43. The van der Waals surface area contributed by atoms with Crippen LogP contribution in [0, 0.1) is 5.92 Å². The van der Waals surface area contributed by atoms with Crippen LogP contribution in [0.15, 0.2) is 0 Å². The number of hydrogen-bond acceptors (Lipinski definition) is 3. The lowest BCUT2D eigenvalue weighted by atomic mass is 10.3. The Hall–Kier alpha value is 0.0969. The Morgan fingerprint density at radius 3 is 2.20 bits per heavy atom. The smallest absolute Gasteiger partial charge is 0.336 e. The summed E-state index contributed by atoms with van der Waals surface area (Å²) in [7, 11) is -1.98. The Morgan fingerprint density at radius 1 is 1.20 bits per heavy atom. The molecule has 4 heteroatoms. The van der Waals surface area contributed by atoms with Gasteiger partial charge in [0.2, 0.25) is 0 Å². The molecular formula is C11H27NO2Si. The normalized spacial score (nSPS) is 17.8. The van der Waals surface area contributed by atoms with Crippen LogP contribution in [0.2, 0.25) is 12.6 Å². The molecule has 1 unspecified atom stereocenters. The van der Waals surface area contributed by atoms with E-state index in [1.54, 1.807) is 0 Å². The predicted molar refractivity (Wildman–Crippen MR) is 67.1 cm³/mol. The quantitative estimate of drug-likeness (QED) is 0.516. The molecule has 0 saturated heterocycles. The van der Waals surface area contributed by atoms with Gasteiger partial charge in [-0.25, -0.2) is 0 Å². The third-order valence-electron chi connectivity index (χ3n) is 2.15. The SMILES string of the molecule is CCN[C@H](C)O[Si](C)(CC(C)C)OCC. The monoisotopic (exact) mass is 233 g/mol. The maximum Gasteiger partial charge on any atom is 0.336 e. The largest absolute Gasteiger partial charge is 0.395 e. The third kappa shape index (κ3) is 7.06. The van der Waals surface area contributed by atoms with Crippen LogP contribution in [0.25, 0.3) is 0 Å². The van der Waals surface area contributed by atoms with Crippen LogP contribution >= 0.6 is 0 Å². The first-order valence-electron chi connectivity index (χ1n) is 5.98. The summed E-state index contributed by atoms with van der Waals surface area (Å²) in [4.78, 5) is 0. The van der Waals surface area contributed by atoms with Gasteiger partial charge >= 0.3 is 8.56 Å². The van der Waals surface area contributed by atoms with Crippen molar-refractivity contribution >= 4 is 8.56 Å². The van der Waals surface area contributed by atoms with Crippen molar-refractivity contribution in [2.75, 3.05) is 13.2 Å². The van der Waals surface area contributed by atoms with E-state index in [1.165, 1.54) is 0 Å². The minimum Gasteiger partial charge on any atom is -0.395 e. The molecule has 3 nitrogen and oxygen atoms in total. The van der Waals surface area contributed by atoms with E-state index < -0.39 is 8.56 Å². The molecule has 0 rings (SSSR count). The highest BCUT2D eigenvalue weighted by Crippen LogP contribution is 2.20. The zero-order valence-corrected chi connectivity index (χ0v) is 12.1. The van der Waals surface area contributed by atoms with Crippen molar-refractivity contribution in [3.05, 3.63) is 0 Å². The van der Waals surface area contributed by atoms with Gasteiger partial charge in [-0.15, -0.1) is 0 Å². The van der Waals surface area contributed by atoms with E-state index in [2.05, 4.69) is 32.6 Å². The summed E-state index contributed by atoms with van der Waals surface area (Å²) >= 11 is 0. The first-order valence-corrected chi connectivity index (χ1v) is 8.51. The molecule has 0 aliphatic rings. The van der Waals surface area contributed by atoms with Crippen LogP contribution in [0.4, 0.5) is 0 Å². The molecule has 0 saturated carbocycles. The lowest BCUT2D eigenvalue weighted by molar-refractivity contribution is 0.107. The fourth-order valence-corrected chi connectivity index (χ4v) is 5.10. The van der Waals surface area contributed by atoms with Gasteiger partial charge in [0.25, 0.3) is 0 Å². The highest BCUT2D eigenvalue weighted by molar-refractivity contribution is 6.66. The average molecular weight is 233 g/mol. The van der Waals surface area contributed by atoms with E-state index in [1.807, 2.05) is 13.8 Å². The summed E-state index contributed by atoms with van der Waals surface area (Å²) in [6.07, 6.45) is 0.0944. The van der Waals surface area contributed by atoms with Crippen LogP contribution in [0.3, 0.4) is 0 Å². The molecule has 0 aromatic carbocycles. The standard InChI is InChI=1S/C11H27NO2Si/c1-7-12-11(5)14-15(6,13-8-2)9-10(3)4/h10-12H,7-9H2,1-6H3/t11-,15?/m0/s1. The Morgan fingerprint density at radius 2 is 1.80 bits per heavy atom. The average Bonchev–Trinajstić information content (AvgIpc) is 2.01. The van der Waals surface area contributed by atoms with Gasteiger partial charge in [-0.2, -0.15) is 0 Å². The maximum absolute atomic E-state index is 6.04. The lowest BCUT2D eigenvalue weighted by Gasteiger charge is -2.31. The minimum atomic E-state index is -1.98. The molecule has 0 heterocycles. The Bertz CT molecular complexity index is 167. The summed E-state index contributed by atoms with van der Waals surface area (Å²) in [6, 6.07) is 1.05. The number of rotatable bonds is 8. The second kappa shape index (κ2) is 7.38. The summed E-state index contributed by atoms with van der Waals surface area (Å²) < 4.78 is 11.9. The van der Waals surface area contributed by atoms with E-state index in [4.69, 9.17) is 8.85 Å². The topological polar surface area (TPSA) is 30.5 Å². The van der Waals surface area contributed by atoms with Crippen molar-refractivity contribution in [1.29, 1.82) is 0 Å². The van der Waals surface area contributed by atoms with Gasteiger partial charge in [0.1, 0.15) is 0 Å². The van der Waals surface area contributed by atoms with Gasteiger partial charge in [0.05, 0.1) is 6.23 Å². The fourth-order valence-electron chi connectivity index (χ4n) is 1.89. The number of hydrogen-bond donors (Lipinski definition) is 1. The minimum absolute atomic E-state index is 0.0944. The second-order valence-electron chi connectivity index (χ2n) is 4.48. The molecular weight excluding hydrogens is 206 g/mol. The highest BCUT2D eigenvalue weighted by atomic mass is 28.4. The van der Waals surface area contributed by atoms with E-state index >= 15 is 0 Å². The summed E-state index contributed by atoms with van der Waals surface area (Å²) in [5.74, 6) is 0.627. The van der Waals surface area contributed by atoms with Crippen molar-refractivity contribution in [2.24, 2.45) is 5.92 Å². The van der Waals surface area contributed by atoms with Crippen LogP contribution in [-0.2, 0) is 8.85 Å². The molecule has 0 fully saturated rings. The zero-order valence-electron chi connectivity index (χ0n) is 11.1. The molecule has 15 heavy (non-hydrogen) atoms. The second-order valence-corrected chi connectivity index (χ2v) is 7.68. The molecule has 0 aromatic heterocycles. The van der Waals surface area contributed by atoms with Crippen molar-refractivity contribution < 1.29 is 8.85 Å². The Labute approximate surface area is 95.8 Å². The lowest BCUT2D eigenvalue weighted by Crippen LogP contribution is -2.46. The van der Waals surface area contributed by atoms with Gasteiger partial charge in [0, 0.05) is 6.61 Å². The summed E-state index contributed by atoms with van der Waals surface area (Å²) in [5, 5.41) is 3.27. The van der Waals surface area contributed by atoms with Gasteiger partial charge in [-0.3, -0.25) is 5.32 Å². The molecule has 0 aromatic rings. The van der Waals surface area contributed by atoms with Gasteiger partial charge < -0.3 is 8.85 Å². The fraction of sp³-hybridized carbons (Fsp3) is 1.00.